The Balaban J connectivity index is 0.000000432. The lowest BCUT2D eigenvalue weighted by molar-refractivity contribution is -0.0510. The van der Waals surface area contributed by atoms with Gasteiger partial charge in [0.2, 0.25) is 0 Å². The normalized spacial score (nSPS) is 11.0. The van der Waals surface area contributed by atoms with Crippen LogP contribution in [0.4, 0.5) is 13.2 Å². The Morgan fingerprint density at radius 1 is 1.05 bits per heavy atom. The Hall–Kier alpha value is -1.50. The second-order valence-corrected chi connectivity index (χ2v) is 5.42. The summed E-state index contributed by atoms with van der Waals surface area (Å²) < 4.78 is 57.5. The molecule has 0 aliphatic heterocycles. The number of halogens is 3. The molecule has 2 rings (SSSR count). The van der Waals surface area contributed by atoms with Crippen molar-refractivity contribution in [3.05, 3.63) is 54.2 Å². The standard InChI is InChI=1S/C12H11N.CHF3O3S.H3P/c1-10-7-8-12(13-9-10)11-5-3-2-4-6-11;2-1(3,4)8(5,6)7;/h2-9H,1H3;(H,5,6,7);1H3. The number of nitrogens with zero attached hydrogens (tertiary/aromatic N) is 1. The van der Waals surface area contributed by atoms with E-state index in [1.54, 1.807) is 0 Å². The van der Waals surface area contributed by atoms with Crippen molar-refractivity contribution in [3.8, 4) is 11.3 Å². The van der Waals surface area contributed by atoms with Crippen LogP contribution in [0.3, 0.4) is 0 Å². The van der Waals surface area contributed by atoms with Crippen LogP contribution in [0.1, 0.15) is 5.56 Å². The quantitative estimate of drug-likeness (QED) is 0.484. The number of alkyl halides is 3. The minimum Gasteiger partial charge on any atom is -0.279 e. The molecular weight excluding hydrogens is 338 g/mol. The van der Waals surface area contributed by atoms with Gasteiger partial charge < -0.3 is 0 Å². The molecule has 0 fully saturated rings. The van der Waals surface area contributed by atoms with Gasteiger partial charge in [-0.3, -0.25) is 9.54 Å². The summed E-state index contributed by atoms with van der Waals surface area (Å²) in [5, 5.41) is 0. The van der Waals surface area contributed by atoms with Crippen molar-refractivity contribution >= 4 is 20.0 Å². The van der Waals surface area contributed by atoms with E-state index in [0.29, 0.717) is 0 Å². The summed E-state index contributed by atoms with van der Waals surface area (Å²) >= 11 is 0. The third-order valence-electron chi connectivity index (χ3n) is 2.27. The van der Waals surface area contributed by atoms with Crippen LogP contribution in [0.2, 0.25) is 0 Å². The SMILES string of the molecule is Cc1ccc(-c2ccccc2)nc1.O=S(=O)(O)C(F)(F)F.P. The first-order valence-electron chi connectivity index (χ1n) is 5.63. The number of hydrogen-bond donors (Lipinski definition) is 1. The molecule has 0 aliphatic rings. The topological polar surface area (TPSA) is 67.3 Å². The van der Waals surface area contributed by atoms with Gasteiger partial charge in [-0.2, -0.15) is 31.5 Å². The molecule has 1 unspecified atom stereocenters. The smallest absolute Gasteiger partial charge is 0.279 e. The van der Waals surface area contributed by atoms with E-state index in [0.717, 1.165) is 5.69 Å². The zero-order chi connectivity index (χ0) is 16.1. The third-order valence-corrected chi connectivity index (χ3v) is 2.86. The highest BCUT2D eigenvalue weighted by atomic mass is 32.2. The summed E-state index contributed by atoms with van der Waals surface area (Å²) in [5.74, 6) is 0. The Kier molecular flexibility index (Phi) is 7.66. The molecule has 1 heterocycles. The first-order chi connectivity index (χ1) is 9.61. The molecule has 0 aliphatic carbocycles. The lowest BCUT2D eigenvalue weighted by Crippen LogP contribution is -2.21. The third kappa shape index (κ3) is 6.51. The van der Waals surface area contributed by atoms with Gasteiger partial charge in [-0.15, -0.1) is 0 Å². The molecule has 0 bridgehead atoms. The largest absolute Gasteiger partial charge is 0.522 e. The van der Waals surface area contributed by atoms with Crippen molar-refractivity contribution in [2.75, 3.05) is 0 Å². The van der Waals surface area contributed by atoms with Crippen LogP contribution < -0.4 is 0 Å². The fourth-order valence-electron chi connectivity index (χ4n) is 1.25. The average Bonchev–Trinajstić information content (AvgIpc) is 2.39. The van der Waals surface area contributed by atoms with E-state index in [1.807, 2.05) is 37.4 Å². The van der Waals surface area contributed by atoms with Gasteiger partial charge in [-0.05, 0) is 18.6 Å². The van der Waals surface area contributed by atoms with Crippen LogP contribution in [0.15, 0.2) is 48.7 Å². The number of rotatable bonds is 1. The predicted octanol–water partition coefficient (Wildman–Crippen LogP) is 3.51. The summed E-state index contributed by atoms with van der Waals surface area (Å²) in [5.41, 5.74) is -2.14. The molecule has 1 aromatic carbocycles. The van der Waals surface area contributed by atoms with Gasteiger partial charge in [-0.25, -0.2) is 0 Å². The second-order valence-electron chi connectivity index (χ2n) is 4.01. The van der Waals surface area contributed by atoms with E-state index in [-0.39, 0.29) is 9.90 Å². The highest BCUT2D eigenvalue weighted by Crippen LogP contribution is 2.20. The second kappa shape index (κ2) is 8.22. The van der Waals surface area contributed by atoms with Gasteiger partial charge in [0, 0.05) is 11.8 Å². The van der Waals surface area contributed by atoms with E-state index in [9.17, 15) is 13.2 Å². The fourth-order valence-corrected chi connectivity index (χ4v) is 1.25. The summed E-state index contributed by atoms with van der Waals surface area (Å²) in [6, 6.07) is 14.3. The molecule has 0 radical (unpaired) electrons. The number of hydrogen-bond acceptors (Lipinski definition) is 3. The minimum absolute atomic E-state index is 0. The molecule has 1 atom stereocenters. The summed E-state index contributed by atoms with van der Waals surface area (Å²) in [6.45, 7) is 2.04. The first kappa shape index (κ1) is 20.5. The van der Waals surface area contributed by atoms with Crippen LogP contribution in [-0.4, -0.2) is 23.5 Å². The molecular formula is C13H15F3NO3PS. The summed E-state index contributed by atoms with van der Waals surface area (Å²) in [7, 11) is -5.84. The van der Waals surface area contributed by atoms with E-state index >= 15 is 0 Å². The lowest BCUT2D eigenvalue weighted by atomic mass is 10.1. The Bertz CT molecular complexity index is 674. The highest BCUT2D eigenvalue weighted by Gasteiger charge is 2.44. The van der Waals surface area contributed by atoms with E-state index in [2.05, 4.69) is 23.2 Å². The van der Waals surface area contributed by atoms with Gasteiger partial charge >= 0.3 is 15.6 Å². The van der Waals surface area contributed by atoms with Crippen molar-refractivity contribution in [1.82, 2.24) is 4.98 Å². The van der Waals surface area contributed by atoms with Crippen molar-refractivity contribution in [3.63, 3.8) is 0 Å². The molecule has 0 saturated carbocycles. The summed E-state index contributed by atoms with van der Waals surface area (Å²) in [4.78, 5) is 4.35. The van der Waals surface area contributed by atoms with Crippen molar-refractivity contribution in [2.45, 2.75) is 12.4 Å². The molecule has 22 heavy (non-hydrogen) atoms. The monoisotopic (exact) mass is 353 g/mol. The molecule has 122 valence electrons. The molecule has 2 aromatic rings. The van der Waals surface area contributed by atoms with Crippen LogP contribution >= 0.6 is 9.90 Å². The van der Waals surface area contributed by atoms with Crippen molar-refractivity contribution in [2.24, 2.45) is 0 Å². The minimum atomic E-state index is -5.84. The van der Waals surface area contributed by atoms with Gasteiger partial charge in [0.1, 0.15) is 0 Å². The average molecular weight is 353 g/mol. The fraction of sp³-hybridized carbons (Fsp3) is 0.154. The molecule has 9 heteroatoms. The van der Waals surface area contributed by atoms with Crippen LogP contribution in [0.5, 0.6) is 0 Å². The van der Waals surface area contributed by atoms with E-state index in [4.69, 9.17) is 13.0 Å². The van der Waals surface area contributed by atoms with Crippen molar-refractivity contribution < 1.29 is 26.1 Å². The van der Waals surface area contributed by atoms with Crippen LogP contribution in [0.25, 0.3) is 11.3 Å². The number of aromatic nitrogens is 1. The molecule has 0 saturated heterocycles. The Morgan fingerprint density at radius 3 is 1.91 bits per heavy atom. The van der Waals surface area contributed by atoms with Crippen LogP contribution in [0, 0.1) is 6.92 Å². The summed E-state index contributed by atoms with van der Waals surface area (Å²) in [6.07, 6.45) is 1.89. The van der Waals surface area contributed by atoms with Gasteiger partial charge in [0.15, 0.2) is 0 Å². The first-order valence-corrected chi connectivity index (χ1v) is 7.07. The Morgan fingerprint density at radius 2 is 1.55 bits per heavy atom. The molecule has 4 nitrogen and oxygen atoms in total. The number of pyridine rings is 1. The maximum Gasteiger partial charge on any atom is 0.522 e. The van der Waals surface area contributed by atoms with E-state index in [1.165, 1.54) is 11.1 Å². The number of aryl methyl sites for hydroxylation is 1. The lowest BCUT2D eigenvalue weighted by Gasteiger charge is -1.99. The zero-order valence-corrected chi connectivity index (χ0v) is 13.8. The molecule has 1 aromatic heterocycles. The van der Waals surface area contributed by atoms with Crippen LogP contribution in [-0.2, 0) is 10.1 Å². The Labute approximate surface area is 129 Å². The molecule has 1 N–H and O–H groups in total. The maximum absolute atomic E-state index is 10.7. The zero-order valence-electron chi connectivity index (χ0n) is 11.6. The predicted molar refractivity (Wildman–Crippen MR) is 83.1 cm³/mol. The maximum atomic E-state index is 10.7. The van der Waals surface area contributed by atoms with Gasteiger partial charge in [0.25, 0.3) is 0 Å². The highest BCUT2D eigenvalue weighted by molar-refractivity contribution is 7.86. The van der Waals surface area contributed by atoms with Gasteiger partial charge in [-0.1, -0.05) is 36.4 Å². The van der Waals surface area contributed by atoms with Crippen molar-refractivity contribution in [1.29, 1.82) is 0 Å². The number of benzene rings is 1. The van der Waals surface area contributed by atoms with Gasteiger partial charge in [0.05, 0.1) is 5.69 Å². The molecule has 0 amide bonds. The van der Waals surface area contributed by atoms with E-state index < -0.39 is 15.6 Å². The molecule has 0 spiro atoms.